The summed E-state index contributed by atoms with van der Waals surface area (Å²) in [4.78, 5) is 13.9. The molecule has 38 heavy (non-hydrogen) atoms. The largest absolute Gasteiger partial charge is 0.503 e. The maximum atomic E-state index is 13.9. The molecule has 0 saturated carbocycles. The van der Waals surface area contributed by atoms with E-state index in [0.717, 1.165) is 28.2 Å². The normalized spacial score (nSPS) is 18.5. The zero-order valence-corrected chi connectivity index (χ0v) is 22.4. The molecule has 7 nitrogen and oxygen atoms in total. The monoisotopic (exact) mass is 534 g/mol. The molecule has 2 atom stereocenters. The molecule has 1 aliphatic carbocycles. The van der Waals surface area contributed by atoms with E-state index in [4.69, 9.17) is 25.8 Å². The van der Waals surface area contributed by atoms with Crippen LogP contribution in [0, 0.1) is 0 Å². The molecule has 0 saturated heterocycles. The summed E-state index contributed by atoms with van der Waals surface area (Å²) in [5.41, 5.74) is 5.00. The number of allylic oxidation sites excluding steroid dienone is 1. The van der Waals surface area contributed by atoms with Crippen molar-refractivity contribution in [1.29, 1.82) is 0 Å². The summed E-state index contributed by atoms with van der Waals surface area (Å²) in [5, 5.41) is 17.7. The molecule has 3 aromatic carbocycles. The number of hydrogen-bond donors (Lipinski definition) is 3. The van der Waals surface area contributed by atoms with Crippen molar-refractivity contribution in [2.24, 2.45) is 0 Å². The van der Waals surface area contributed by atoms with Gasteiger partial charge in [-0.2, -0.15) is 0 Å². The van der Waals surface area contributed by atoms with E-state index in [0.29, 0.717) is 43.1 Å². The molecule has 3 aromatic rings. The standard InChI is InChI=1S/C30H31ClN2O5/c1-4-37-25-11-10-17(15-26(25)36-3)18-13-23-28(24(34)14-18)29(33-22-9-7-6-8-21(22)32-23)19-12-20(31)30(35)27(16-19)38-5-2/h6-12,15-16,18,29,32-33,35H,4-5,13-14H2,1-3H3/t18-,29-/m0/s1. The van der Waals surface area contributed by atoms with E-state index in [9.17, 15) is 9.90 Å². The third kappa shape index (κ3) is 4.86. The highest BCUT2D eigenvalue weighted by Crippen LogP contribution is 2.47. The number of ether oxygens (including phenoxy) is 3. The number of methoxy groups -OCH3 is 1. The molecular weight excluding hydrogens is 504 g/mol. The predicted molar refractivity (Wildman–Crippen MR) is 149 cm³/mol. The van der Waals surface area contributed by atoms with Crippen LogP contribution in [0.3, 0.4) is 0 Å². The van der Waals surface area contributed by atoms with E-state index in [2.05, 4.69) is 10.6 Å². The third-order valence-electron chi connectivity index (χ3n) is 6.95. The highest BCUT2D eigenvalue weighted by Gasteiger charge is 2.37. The van der Waals surface area contributed by atoms with Gasteiger partial charge in [0, 0.05) is 17.7 Å². The van der Waals surface area contributed by atoms with E-state index in [1.54, 1.807) is 19.2 Å². The molecule has 198 valence electrons. The molecule has 1 heterocycles. The summed E-state index contributed by atoms with van der Waals surface area (Å²) in [6.07, 6.45) is 0.977. The Morgan fingerprint density at radius 1 is 0.921 bits per heavy atom. The lowest BCUT2D eigenvalue weighted by atomic mass is 9.78. The third-order valence-corrected chi connectivity index (χ3v) is 7.24. The number of Topliss-reactive ketones (excluding diaryl/α,β-unsaturated/α-hetero) is 1. The lowest BCUT2D eigenvalue weighted by Crippen LogP contribution is -2.27. The quantitative estimate of drug-likeness (QED) is 0.306. The first-order chi connectivity index (χ1) is 18.4. The minimum Gasteiger partial charge on any atom is -0.503 e. The van der Waals surface area contributed by atoms with Crippen LogP contribution in [-0.2, 0) is 4.79 Å². The van der Waals surface area contributed by atoms with Gasteiger partial charge in [0.25, 0.3) is 0 Å². The fourth-order valence-electron chi connectivity index (χ4n) is 5.22. The van der Waals surface area contributed by atoms with Gasteiger partial charge in [-0.1, -0.05) is 29.8 Å². The van der Waals surface area contributed by atoms with Crippen molar-refractivity contribution in [3.05, 3.63) is 82.0 Å². The van der Waals surface area contributed by atoms with Gasteiger partial charge in [0.05, 0.1) is 42.8 Å². The Balaban J connectivity index is 1.59. The van der Waals surface area contributed by atoms with Crippen molar-refractivity contribution in [2.45, 2.75) is 38.6 Å². The molecular formula is C30H31ClN2O5. The molecule has 0 radical (unpaired) electrons. The van der Waals surface area contributed by atoms with E-state index in [1.807, 2.05) is 56.3 Å². The molecule has 3 N–H and O–H groups in total. The van der Waals surface area contributed by atoms with E-state index >= 15 is 0 Å². The van der Waals surface area contributed by atoms with E-state index in [-0.39, 0.29) is 28.2 Å². The van der Waals surface area contributed by atoms with Crippen LogP contribution in [0.1, 0.15) is 49.8 Å². The summed E-state index contributed by atoms with van der Waals surface area (Å²) in [7, 11) is 1.62. The molecule has 0 bridgehead atoms. The second-order valence-corrected chi connectivity index (χ2v) is 9.70. The number of benzene rings is 3. The van der Waals surface area contributed by atoms with Crippen molar-refractivity contribution in [3.63, 3.8) is 0 Å². The first-order valence-corrected chi connectivity index (χ1v) is 13.2. The van der Waals surface area contributed by atoms with Crippen LogP contribution >= 0.6 is 11.6 Å². The van der Waals surface area contributed by atoms with Crippen molar-refractivity contribution in [1.82, 2.24) is 0 Å². The Kier molecular flexibility index (Phi) is 7.38. The molecule has 0 aromatic heterocycles. The second kappa shape index (κ2) is 10.9. The van der Waals surface area contributed by atoms with Crippen LogP contribution < -0.4 is 24.8 Å². The van der Waals surface area contributed by atoms with Gasteiger partial charge in [-0.15, -0.1) is 0 Å². The van der Waals surface area contributed by atoms with Crippen LogP contribution in [-0.4, -0.2) is 31.2 Å². The number of hydrogen-bond acceptors (Lipinski definition) is 7. The topological polar surface area (TPSA) is 89.1 Å². The first-order valence-electron chi connectivity index (χ1n) is 12.8. The highest BCUT2D eigenvalue weighted by molar-refractivity contribution is 6.32. The number of halogens is 1. The number of phenols is 1. The lowest BCUT2D eigenvalue weighted by Gasteiger charge is -2.30. The minimum atomic E-state index is -0.484. The maximum absolute atomic E-state index is 13.9. The number of phenolic OH excluding ortho intramolecular Hbond substituents is 1. The van der Waals surface area contributed by atoms with Gasteiger partial charge in [0.2, 0.25) is 0 Å². The summed E-state index contributed by atoms with van der Waals surface area (Å²) in [5.74, 6) is 1.50. The Bertz CT molecular complexity index is 1400. The zero-order valence-electron chi connectivity index (χ0n) is 21.6. The van der Waals surface area contributed by atoms with Gasteiger partial charge in [-0.3, -0.25) is 4.79 Å². The number of rotatable bonds is 7. The van der Waals surface area contributed by atoms with Gasteiger partial charge in [0.15, 0.2) is 28.8 Å². The van der Waals surface area contributed by atoms with Crippen LogP contribution in [0.25, 0.3) is 0 Å². The van der Waals surface area contributed by atoms with Crippen molar-refractivity contribution >= 4 is 28.8 Å². The van der Waals surface area contributed by atoms with Crippen molar-refractivity contribution in [2.75, 3.05) is 31.0 Å². The average Bonchev–Trinajstić information content (AvgIpc) is 3.08. The summed E-state index contributed by atoms with van der Waals surface area (Å²) < 4.78 is 16.9. The maximum Gasteiger partial charge on any atom is 0.176 e. The predicted octanol–water partition coefficient (Wildman–Crippen LogP) is 6.83. The Morgan fingerprint density at radius 3 is 2.37 bits per heavy atom. The molecule has 5 rings (SSSR count). The van der Waals surface area contributed by atoms with Crippen LogP contribution in [0.5, 0.6) is 23.0 Å². The lowest BCUT2D eigenvalue weighted by molar-refractivity contribution is -0.116. The zero-order chi connectivity index (χ0) is 26.8. The van der Waals surface area contributed by atoms with Crippen LogP contribution in [0.4, 0.5) is 11.4 Å². The summed E-state index contributed by atoms with van der Waals surface area (Å²) in [6, 6.07) is 16.7. The number of fused-ring (bicyclic) bond motifs is 1. The molecule has 1 aliphatic heterocycles. The molecule has 8 heteroatoms. The van der Waals surface area contributed by atoms with Gasteiger partial charge in [-0.25, -0.2) is 0 Å². The van der Waals surface area contributed by atoms with Gasteiger partial charge in [-0.05, 0) is 73.7 Å². The van der Waals surface area contributed by atoms with Crippen LogP contribution in [0.2, 0.25) is 5.02 Å². The highest BCUT2D eigenvalue weighted by atomic mass is 35.5. The number of carbonyl (C=O) groups is 1. The van der Waals surface area contributed by atoms with E-state index in [1.165, 1.54) is 0 Å². The second-order valence-electron chi connectivity index (χ2n) is 9.29. The van der Waals surface area contributed by atoms with Crippen LogP contribution in [0.15, 0.2) is 65.9 Å². The first kappa shape index (κ1) is 25.8. The number of ketones is 1. The fraction of sp³-hybridized carbons (Fsp3) is 0.300. The SMILES string of the molecule is CCOc1ccc([C@@H]2CC(=O)C3=C(C2)Nc2ccccc2N[C@H]3c2cc(Cl)c(O)c(OCC)c2)cc1OC. The minimum absolute atomic E-state index is 0.0315. The Labute approximate surface area is 227 Å². The summed E-state index contributed by atoms with van der Waals surface area (Å²) in [6.45, 7) is 4.68. The number of carbonyl (C=O) groups excluding carboxylic acids is 1. The average molecular weight is 535 g/mol. The molecule has 0 amide bonds. The van der Waals surface area contributed by atoms with Gasteiger partial charge >= 0.3 is 0 Å². The Hall–Kier alpha value is -3.84. The number of para-hydroxylation sites is 2. The number of aromatic hydroxyl groups is 1. The van der Waals surface area contributed by atoms with E-state index < -0.39 is 6.04 Å². The van der Waals surface area contributed by atoms with Crippen molar-refractivity contribution < 1.29 is 24.1 Å². The molecule has 2 aliphatic rings. The molecule has 0 fully saturated rings. The Morgan fingerprint density at radius 2 is 1.63 bits per heavy atom. The number of nitrogens with one attached hydrogen (secondary N) is 2. The number of anilines is 2. The molecule has 0 spiro atoms. The van der Waals surface area contributed by atoms with Crippen molar-refractivity contribution in [3.8, 4) is 23.0 Å². The van der Waals surface area contributed by atoms with Gasteiger partial charge in [0.1, 0.15) is 0 Å². The fourth-order valence-corrected chi connectivity index (χ4v) is 5.44. The molecule has 0 unspecified atom stereocenters. The smallest absolute Gasteiger partial charge is 0.176 e. The summed E-state index contributed by atoms with van der Waals surface area (Å²) >= 11 is 6.40. The van der Waals surface area contributed by atoms with Gasteiger partial charge < -0.3 is 30.0 Å².